The summed E-state index contributed by atoms with van der Waals surface area (Å²) in [5.74, 6) is 0.208. The molecule has 3 nitrogen and oxygen atoms in total. The first-order valence-electron chi connectivity index (χ1n) is 6.31. The molecule has 0 aliphatic heterocycles. The third kappa shape index (κ3) is 3.29. The van der Waals surface area contributed by atoms with E-state index in [1.54, 1.807) is 12.1 Å². The van der Waals surface area contributed by atoms with E-state index < -0.39 is 0 Å². The average Bonchev–Trinajstić information content (AvgIpc) is 2.37. The molecule has 19 heavy (non-hydrogen) atoms. The van der Waals surface area contributed by atoms with Gasteiger partial charge in [0.25, 0.3) is 0 Å². The minimum atomic E-state index is -0.227. The summed E-state index contributed by atoms with van der Waals surface area (Å²) in [5.41, 5.74) is 7.78. The van der Waals surface area contributed by atoms with Crippen molar-refractivity contribution in [2.75, 3.05) is 5.73 Å². The zero-order chi connectivity index (χ0) is 13.8. The SMILES string of the molecule is CC(C)NCc1c(F)cccc1-c1cccc(N)n1. The summed E-state index contributed by atoms with van der Waals surface area (Å²) in [6.45, 7) is 4.52. The Hall–Kier alpha value is -1.94. The van der Waals surface area contributed by atoms with Crippen LogP contribution < -0.4 is 11.1 Å². The van der Waals surface area contributed by atoms with Crippen LogP contribution in [0.2, 0.25) is 0 Å². The Bertz CT molecular complexity index is 567. The molecule has 0 spiro atoms. The van der Waals surface area contributed by atoms with Crippen molar-refractivity contribution in [2.24, 2.45) is 0 Å². The van der Waals surface area contributed by atoms with Gasteiger partial charge in [0.2, 0.25) is 0 Å². The van der Waals surface area contributed by atoms with Crippen molar-refractivity contribution in [1.82, 2.24) is 10.3 Å². The Balaban J connectivity index is 2.42. The summed E-state index contributed by atoms with van der Waals surface area (Å²) in [7, 11) is 0. The van der Waals surface area contributed by atoms with Gasteiger partial charge in [-0.15, -0.1) is 0 Å². The van der Waals surface area contributed by atoms with Crippen LogP contribution in [0.25, 0.3) is 11.3 Å². The Kier molecular flexibility index (Phi) is 4.12. The van der Waals surface area contributed by atoms with Crippen molar-refractivity contribution in [3.63, 3.8) is 0 Å². The summed E-state index contributed by atoms with van der Waals surface area (Å²) in [4.78, 5) is 4.26. The molecule has 0 atom stereocenters. The van der Waals surface area contributed by atoms with Gasteiger partial charge in [-0.25, -0.2) is 9.37 Å². The minimum Gasteiger partial charge on any atom is -0.384 e. The number of nitrogens with two attached hydrogens (primary N) is 1. The number of nitrogen functional groups attached to an aromatic ring is 1. The van der Waals surface area contributed by atoms with Gasteiger partial charge in [0.15, 0.2) is 0 Å². The zero-order valence-electron chi connectivity index (χ0n) is 11.2. The van der Waals surface area contributed by atoms with Crippen molar-refractivity contribution < 1.29 is 4.39 Å². The van der Waals surface area contributed by atoms with Crippen LogP contribution >= 0.6 is 0 Å². The van der Waals surface area contributed by atoms with Crippen LogP contribution in [0.3, 0.4) is 0 Å². The molecule has 4 heteroatoms. The highest BCUT2D eigenvalue weighted by molar-refractivity contribution is 5.65. The first kappa shape index (κ1) is 13.5. The van der Waals surface area contributed by atoms with E-state index in [4.69, 9.17) is 5.73 Å². The molecular weight excluding hydrogens is 241 g/mol. The van der Waals surface area contributed by atoms with Gasteiger partial charge in [0.1, 0.15) is 11.6 Å². The number of rotatable bonds is 4. The molecule has 0 fully saturated rings. The fourth-order valence-corrected chi connectivity index (χ4v) is 1.89. The molecule has 0 saturated carbocycles. The van der Waals surface area contributed by atoms with Gasteiger partial charge in [0, 0.05) is 23.7 Å². The molecule has 1 heterocycles. The number of pyridine rings is 1. The Labute approximate surface area is 112 Å². The number of anilines is 1. The fourth-order valence-electron chi connectivity index (χ4n) is 1.89. The summed E-state index contributed by atoms with van der Waals surface area (Å²) in [6.07, 6.45) is 0. The van der Waals surface area contributed by atoms with Crippen LogP contribution in [0, 0.1) is 5.82 Å². The highest BCUT2D eigenvalue weighted by Crippen LogP contribution is 2.24. The molecule has 1 aromatic carbocycles. The Morgan fingerprint density at radius 1 is 1.21 bits per heavy atom. The van der Waals surface area contributed by atoms with Crippen LogP contribution in [0.1, 0.15) is 19.4 Å². The highest BCUT2D eigenvalue weighted by atomic mass is 19.1. The van der Waals surface area contributed by atoms with E-state index in [9.17, 15) is 4.39 Å². The van der Waals surface area contributed by atoms with Gasteiger partial charge in [-0.2, -0.15) is 0 Å². The largest absolute Gasteiger partial charge is 0.384 e. The monoisotopic (exact) mass is 259 g/mol. The standard InChI is InChI=1S/C15H18FN3/c1-10(2)18-9-12-11(5-3-6-13(12)16)14-7-4-8-15(17)19-14/h3-8,10,18H,9H2,1-2H3,(H2,17,19). The molecule has 100 valence electrons. The lowest BCUT2D eigenvalue weighted by molar-refractivity contribution is 0.554. The summed E-state index contributed by atoms with van der Waals surface area (Å²) >= 11 is 0. The van der Waals surface area contributed by atoms with Gasteiger partial charge in [0.05, 0.1) is 5.69 Å². The molecule has 3 N–H and O–H groups in total. The van der Waals surface area contributed by atoms with Gasteiger partial charge in [-0.1, -0.05) is 32.0 Å². The van der Waals surface area contributed by atoms with Crippen molar-refractivity contribution in [2.45, 2.75) is 26.4 Å². The molecule has 0 radical (unpaired) electrons. The molecule has 1 aromatic heterocycles. The average molecular weight is 259 g/mol. The van der Waals surface area contributed by atoms with E-state index in [0.29, 0.717) is 29.7 Å². The van der Waals surface area contributed by atoms with Crippen LogP contribution in [-0.2, 0) is 6.54 Å². The van der Waals surface area contributed by atoms with E-state index in [1.165, 1.54) is 6.07 Å². The Morgan fingerprint density at radius 3 is 2.63 bits per heavy atom. The molecule has 2 aromatic rings. The van der Waals surface area contributed by atoms with E-state index in [1.807, 2.05) is 32.0 Å². The van der Waals surface area contributed by atoms with Crippen molar-refractivity contribution in [3.05, 3.63) is 47.8 Å². The van der Waals surface area contributed by atoms with E-state index >= 15 is 0 Å². The second kappa shape index (κ2) is 5.80. The number of benzene rings is 1. The molecule has 0 bridgehead atoms. The number of hydrogen-bond acceptors (Lipinski definition) is 3. The second-order valence-corrected chi connectivity index (χ2v) is 4.75. The minimum absolute atomic E-state index is 0.227. The molecule has 0 unspecified atom stereocenters. The summed E-state index contributed by atoms with van der Waals surface area (Å²) in [6, 6.07) is 10.7. The van der Waals surface area contributed by atoms with Crippen LogP contribution in [0.5, 0.6) is 0 Å². The molecule has 0 aliphatic rings. The molecule has 0 amide bonds. The van der Waals surface area contributed by atoms with Crippen molar-refractivity contribution in [3.8, 4) is 11.3 Å². The maximum absolute atomic E-state index is 14.0. The third-order valence-corrected chi connectivity index (χ3v) is 2.85. The smallest absolute Gasteiger partial charge is 0.128 e. The molecular formula is C15H18FN3. The van der Waals surface area contributed by atoms with Crippen LogP contribution in [0.15, 0.2) is 36.4 Å². The first-order chi connectivity index (χ1) is 9.08. The van der Waals surface area contributed by atoms with Crippen molar-refractivity contribution in [1.29, 1.82) is 0 Å². The number of nitrogens with one attached hydrogen (secondary N) is 1. The number of hydrogen-bond donors (Lipinski definition) is 2. The number of aromatic nitrogens is 1. The topological polar surface area (TPSA) is 50.9 Å². The number of nitrogens with zero attached hydrogens (tertiary/aromatic N) is 1. The Morgan fingerprint density at radius 2 is 1.95 bits per heavy atom. The maximum Gasteiger partial charge on any atom is 0.128 e. The van der Waals surface area contributed by atoms with Gasteiger partial charge in [-0.05, 0) is 18.2 Å². The van der Waals surface area contributed by atoms with Crippen LogP contribution in [0.4, 0.5) is 10.2 Å². The van der Waals surface area contributed by atoms with Gasteiger partial charge >= 0.3 is 0 Å². The normalized spacial score (nSPS) is 10.9. The van der Waals surface area contributed by atoms with E-state index in [2.05, 4.69) is 10.3 Å². The number of halogens is 1. The zero-order valence-corrected chi connectivity index (χ0v) is 11.2. The summed E-state index contributed by atoms with van der Waals surface area (Å²) in [5, 5.41) is 3.23. The molecule has 2 rings (SSSR count). The maximum atomic E-state index is 14.0. The third-order valence-electron chi connectivity index (χ3n) is 2.85. The van der Waals surface area contributed by atoms with E-state index in [-0.39, 0.29) is 5.82 Å². The van der Waals surface area contributed by atoms with E-state index in [0.717, 1.165) is 5.56 Å². The first-order valence-corrected chi connectivity index (χ1v) is 6.31. The van der Waals surface area contributed by atoms with Gasteiger partial charge < -0.3 is 11.1 Å². The summed E-state index contributed by atoms with van der Waals surface area (Å²) < 4.78 is 14.0. The lowest BCUT2D eigenvalue weighted by atomic mass is 10.0. The van der Waals surface area contributed by atoms with Gasteiger partial charge in [-0.3, -0.25) is 0 Å². The predicted molar refractivity (Wildman–Crippen MR) is 76.0 cm³/mol. The fraction of sp³-hybridized carbons (Fsp3) is 0.267. The quantitative estimate of drug-likeness (QED) is 0.887. The lowest BCUT2D eigenvalue weighted by Gasteiger charge is -2.13. The molecule has 0 aliphatic carbocycles. The predicted octanol–water partition coefficient (Wildman–Crippen LogP) is 2.97. The van der Waals surface area contributed by atoms with Crippen molar-refractivity contribution >= 4 is 5.82 Å². The second-order valence-electron chi connectivity index (χ2n) is 4.75. The highest BCUT2D eigenvalue weighted by Gasteiger charge is 2.11. The van der Waals surface area contributed by atoms with Crippen LogP contribution in [-0.4, -0.2) is 11.0 Å². The molecule has 0 saturated heterocycles. The lowest BCUT2D eigenvalue weighted by Crippen LogP contribution is -2.23.